The number of thiophene rings is 1. The second-order valence-corrected chi connectivity index (χ2v) is 6.56. The summed E-state index contributed by atoms with van der Waals surface area (Å²) >= 11 is 1.81. The minimum atomic E-state index is 0.110. The zero-order valence-corrected chi connectivity index (χ0v) is 13.9. The van der Waals surface area contributed by atoms with Crippen LogP contribution in [0.15, 0.2) is 11.4 Å². The normalized spacial score (nSPS) is 18.1. The first kappa shape index (κ1) is 16.5. The summed E-state index contributed by atoms with van der Waals surface area (Å²) in [4.78, 5) is 18.2. The molecule has 1 N–H and O–H groups in total. The predicted octanol–water partition coefficient (Wildman–Crippen LogP) is 2.29. The second-order valence-electron chi connectivity index (χ2n) is 5.56. The highest BCUT2D eigenvalue weighted by atomic mass is 32.1. The lowest BCUT2D eigenvalue weighted by Crippen LogP contribution is -2.45. The SMILES string of the molecule is CCCN(CCO)CC(=O)N1CCc2sccc2C1CC. The van der Waals surface area contributed by atoms with E-state index in [2.05, 4.69) is 30.2 Å². The summed E-state index contributed by atoms with van der Waals surface area (Å²) in [6, 6.07) is 2.40. The molecule has 0 aromatic carbocycles. The van der Waals surface area contributed by atoms with Crippen LogP contribution in [-0.2, 0) is 11.2 Å². The molecule has 21 heavy (non-hydrogen) atoms. The van der Waals surface area contributed by atoms with Crippen molar-refractivity contribution in [3.63, 3.8) is 0 Å². The van der Waals surface area contributed by atoms with Crippen LogP contribution in [0.5, 0.6) is 0 Å². The molecule has 0 fully saturated rings. The number of hydrogen-bond donors (Lipinski definition) is 1. The lowest BCUT2D eigenvalue weighted by Gasteiger charge is -2.36. The van der Waals surface area contributed by atoms with E-state index in [9.17, 15) is 4.79 Å². The summed E-state index contributed by atoms with van der Waals surface area (Å²) in [6.07, 6.45) is 2.94. The molecule has 0 saturated carbocycles. The number of hydrogen-bond acceptors (Lipinski definition) is 4. The van der Waals surface area contributed by atoms with Gasteiger partial charge in [0.25, 0.3) is 0 Å². The fourth-order valence-corrected chi connectivity index (χ4v) is 4.07. The molecule has 1 atom stereocenters. The Kier molecular flexibility index (Phi) is 6.21. The van der Waals surface area contributed by atoms with Crippen molar-refractivity contribution in [3.8, 4) is 0 Å². The third-order valence-electron chi connectivity index (χ3n) is 4.12. The van der Waals surface area contributed by atoms with Crippen LogP contribution in [0.25, 0.3) is 0 Å². The summed E-state index contributed by atoms with van der Waals surface area (Å²) in [5, 5.41) is 11.3. The molecule has 0 aliphatic carbocycles. The maximum absolute atomic E-state index is 12.7. The standard InChI is InChI=1S/C16H26N2O2S/c1-3-7-17(9-10-19)12-16(20)18-8-5-15-13(6-11-21-15)14(18)4-2/h6,11,14,19H,3-5,7-10,12H2,1-2H3. The van der Waals surface area contributed by atoms with Crippen LogP contribution in [0.4, 0.5) is 0 Å². The van der Waals surface area contributed by atoms with Crippen LogP contribution in [0, 0.1) is 0 Å². The molecule has 2 rings (SSSR count). The van der Waals surface area contributed by atoms with E-state index >= 15 is 0 Å². The number of amides is 1. The molecule has 0 bridgehead atoms. The highest BCUT2D eigenvalue weighted by Crippen LogP contribution is 2.35. The molecule has 4 nitrogen and oxygen atoms in total. The van der Waals surface area contributed by atoms with Gasteiger partial charge in [0.05, 0.1) is 19.2 Å². The molecule has 5 heteroatoms. The Balaban J connectivity index is 2.05. The minimum absolute atomic E-state index is 0.110. The number of rotatable bonds is 7. The smallest absolute Gasteiger partial charge is 0.237 e. The van der Waals surface area contributed by atoms with E-state index in [1.807, 2.05) is 4.90 Å². The predicted molar refractivity (Wildman–Crippen MR) is 86.6 cm³/mol. The van der Waals surface area contributed by atoms with E-state index in [0.717, 1.165) is 32.4 Å². The van der Waals surface area contributed by atoms with E-state index < -0.39 is 0 Å². The zero-order chi connectivity index (χ0) is 15.2. The summed E-state index contributed by atoms with van der Waals surface area (Å²) in [5.74, 6) is 0.195. The molecule has 1 aromatic heterocycles. The maximum Gasteiger partial charge on any atom is 0.237 e. The van der Waals surface area contributed by atoms with Crippen LogP contribution < -0.4 is 0 Å². The third kappa shape index (κ3) is 3.84. The van der Waals surface area contributed by atoms with Gasteiger partial charge in [-0.3, -0.25) is 9.69 Å². The monoisotopic (exact) mass is 310 g/mol. The summed E-state index contributed by atoms with van der Waals surface area (Å²) in [5.41, 5.74) is 1.34. The fourth-order valence-electron chi connectivity index (χ4n) is 3.14. The van der Waals surface area contributed by atoms with Gasteiger partial charge in [-0.2, -0.15) is 0 Å². The van der Waals surface area contributed by atoms with Crippen molar-refractivity contribution >= 4 is 17.2 Å². The van der Waals surface area contributed by atoms with E-state index in [0.29, 0.717) is 13.1 Å². The van der Waals surface area contributed by atoms with Crippen molar-refractivity contribution in [2.45, 2.75) is 39.2 Å². The summed E-state index contributed by atoms with van der Waals surface area (Å²) in [6.45, 7) is 7.04. The van der Waals surface area contributed by atoms with Crippen LogP contribution in [-0.4, -0.2) is 53.6 Å². The topological polar surface area (TPSA) is 43.8 Å². The number of nitrogens with zero attached hydrogens (tertiary/aromatic N) is 2. The molecule has 1 aromatic rings. The van der Waals surface area contributed by atoms with Crippen molar-refractivity contribution in [1.29, 1.82) is 0 Å². The number of aliphatic hydroxyl groups excluding tert-OH is 1. The molecule has 2 heterocycles. The minimum Gasteiger partial charge on any atom is -0.395 e. The molecule has 118 valence electrons. The van der Waals surface area contributed by atoms with E-state index in [-0.39, 0.29) is 18.6 Å². The van der Waals surface area contributed by atoms with Crippen molar-refractivity contribution in [2.75, 3.05) is 32.8 Å². The van der Waals surface area contributed by atoms with Gasteiger partial charge in [0, 0.05) is 18.0 Å². The van der Waals surface area contributed by atoms with Gasteiger partial charge in [0.15, 0.2) is 0 Å². The van der Waals surface area contributed by atoms with Gasteiger partial charge in [-0.05, 0) is 42.8 Å². The summed E-state index contributed by atoms with van der Waals surface area (Å²) < 4.78 is 0. The van der Waals surface area contributed by atoms with Gasteiger partial charge in [0.2, 0.25) is 5.91 Å². The maximum atomic E-state index is 12.7. The van der Waals surface area contributed by atoms with Gasteiger partial charge in [-0.1, -0.05) is 13.8 Å². The number of carbonyl (C=O) groups excluding carboxylic acids is 1. The highest BCUT2D eigenvalue weighted by Gasteiger charge is 2.30. The quantitative estimate of drug-likeness (QED) is 0.840. The van der Waals surface area contributed by atoms with Crippen molar-refractivity contribution in [3.05, 3.63) is 21.9 Å². The first-order chi connectivity index (χ1) is 10.2. The molecular formula is C16H26N2O2S. The Morgan fingerprint density at radius 3 is 2.95 bits per heavy atom. The average molecular weight is 310 g/mol. The van der Waals surface area contributed by atoms with Gasteiger partial charge >= 0.3 is 0 Å². The van der Waals surface area contributed by atoms with Crippen LogP contribution in [0.1, 0.15) is 43.2 Å². The third-order valence-corrected chi connectivity index (χ3v) is 5.11. The largest absolute Gasteiger partial charge is 0.395 e. The van der Waals surface area contributed by atoms with Gasteiger partial charge in [0.1, 0.15) is 0 Å². The van der Waals surface area contributed by atoms with Crippen LogP contribution in [0.3, 0.4) is 0 Å². The van der Waals surface area contributed by atoms with Gasteiger partial charge in [-0.15, -0.1) is 11.3 Å². The van der Waals surface area contributed by atoms with Crippen LogP contribution in [0.2, 0.25) is 0 Å². The molecule has 1 amide bonds. The molecule has 1 aliphatic heterocycles. The fraction of sp³-hybridized carbons (Fsp3) is 0.688. The number of aliphatic hydroxyl groups is 1. The Bertz CT molecular complexity index is 455. The lowest BCUT2D eigenvalue weighted by atomic mass is 9.97. The van der Waals surface area contributed by atoms with E-state index in [1.165, 1.54) is 10.4 Å². The Morgan fingerprint density at radius 2 is 2.29 bits per heavy atom. The zero-order valence-electron chi connectivity index (χ0n) is 13.0. The first-order valence-corrected chi connectivity index (χ1v) is 8.78. The van der Waals surface area contributed by atoms with Crippen LogP contribution >= 0.6 is 11.3 Å². The summed E-state index contributed by atoms with van der Waals surface area (Å²) in [7, 11) is 0. The Hall–Kier alpha value is -0.910. The Labute approximate surface area is 131 Å². The molecule has 0 saturated heterocycles. The molecule has 1 unspecified atom stereocenters. The van der Waals surface area contributed by atoms with Crippen molar-refractivity contribution in [1.82, 2.24) is 9.80 Å². The van der Waals surface area contributed by atoms with Crippen molar-refractivity contribution < 1.29 is 9.90 Å². The Morgan fingerprint density at radius 1 is 1.48 bits per heavy atom. The molecule has 1 aliphatic rings. The molecule has 0 spiro atoms. The van der Waals surface area contributed by atoms with Gasteiger partial charge in [-0.25, -0.2) is 0 Å². The van der Waals surface area contributed by atoms with E-state index in [1.54, 1.807) is 11.3 Å². The highest BCUT2D eigenvalue weighted by molar-refractivity contribution is 7.10. The number of carbonyl (C=O) groups is 1. The average Bonchev–Trinajstić information content (AvgIpc) is 2.95. The number of fused-ring (bicyclic) bond motifs is 1. The van der Waals surface area contributed by atoms with E-state index in [4.69, 9.17) is 5.11 Å². The molecular weight excluding hydrogens is 284 g/mol. The van der Waals surface area contributed by atoms with Crippen molar-refractivity contribution in [2.24, 2.45) is 0 Å². The first-order valence-electron chi connectivity index (χ1n) is 7.90. The molecule has 0 radical (unpaired) electrons. The second kappa shape index (κ2) is 7.92. The van der Waals surface area contributed by atoms with Gasteiger partial charge < -0.3 is 10.0 Å². The lowest BCUT2D eigenvalue weighted by molar-refractivity contribution is -0.135.